The van der Waals surface area contributed by atoms with Crippen molar-refractivity contribution in [1.82, 2.24) is 10.2 Å². The first-order chi connectivity index (χ1) is 8.83. The lowest BCUT2D eigenvalue weighted by molar-refractivity contribution is 0.174. The Labute approximate surface area is 108 Å². The van der Waals surface area contributed by atoms with Gasteiger partial charge in [-0.1, -0.05) is 13.0 Å². The highest BCUT2D eigenvalue weighted by atomic mass is 16.7. The van der Waals surface area contributed by atoms with E-state index >= 15 is 0 Å². The Bertz CT molecular complexity index is 416. The number of rotatable bonds is 3. The highest BCUT2D eigenvalue weighted by Crippen LogP contribution is 2.34. The van der Waals surface area contributed by atoms with Gasteiger partial charge in [0.15, 0.2) is 11.5 Å². The first kappa shape index (κ1) is 11.8. The summed E-state index contributed by atoms with van der Waals surface area (Å²) in [6, 6.07) is 6.29. The molecule has 98 valence electrons. The van der Waals surface area contributed by atoms with Crippen molar-refractivity contribution in [3.8, 4) is 11.5 Å². The van der Waals surface area contributed by atoms with E-state index in [9.17, 15) is 0 Å². The van der Waals surface area contributed by atoms with Crippen LogP contribution in [-0.2, 0) is 0 Å². The van der Waals surface area contributed by atoms with Gasteiger partial charge in [-0.25, -0.2) is 0 Å². The van der Waals surface area contributed by atoms with Crippen LogP contribution >= 0.6 is 0 Å². The molecule has 2 aliphatic rings. The van der Waals surface area contributed by atoms with Gasteiger partial charge in [0.1, 0.15) is 0 Å². The fourth-order valence-electron chi connectivity index (χ4n) is 2.61. The van der Waals surface area contributed by atoms with Gasteiger partial charge in [0.25, 0.3) is 0 Å². The maximum atomic E-state index is 5.43. The molecule has 4 nitrogen and oxygen atoms in total. The topological polar surface area (TPSA) is 33.7 Å². The number of hydrogen-bond acceptors (Lipinski definition) is 4. The van der Waals surface area contributed by atoms with Gasteiger partial charge in [-0.05, 0) is 23.6 Å². The SMILES string of the molecule is CC(CN1CCNCC1)c1ccc2c(c1)OCO2. The van der Waals surface area contributed by atoms with Crippen LogP contribution in [0.5, 0.6) is 11.5 Å². The largest absolute Gasteiger partial charge is 0.454 e. The van der Waals surface area contributed by atoms with Crippen LogP contribution in [-0.4, -0.2) is 44.4 Å². The molecule has 1 aromatic rings. The normalized spacial score (nSPS) is 20.9. The molecule has 0 aromatic heterocycles. The number of benzene rings is 1. The molecule has 0 saturated carbocycles. The molecule has 0 amide bonds. The van der Waals surface area contributed by atoms with Crippen molar-refractivity contribution in [2.75, 3.05) is 39.5 Å². The summed E-state index contributed by atoms with van der Waals surface area (Å²) in [6.45, 7) is 8.25. The minimum Gasteiger partial charge on any atom is -0.454 e. The highest BCUT2D eigenvalue weighted by Gasteiger charge is 2.18. The summed E-state index contributed by atoms with van der Waals surface area (Å²) in [6.07, 6.45) is 0. The maximum Gasteiger partial charge on any atom is 0.231 e. The third kappa shape index (κ3) is 2.44. The van der Waals surface area contributed by atoms with E-state index in [2.05, 4.69) is 29.3 Å². The van der Waals surface area contributed by atoms with Gasteiger partial charge in [-0.3, -0.25) is 0 Å². The zero-order valence-electron chi connectivity index (χ0n) is 10.8. The second kappa shape index (κ2) is 5.16. The van der Waals surface area contributed by atoms with E-state index in [0.717, 1.165) is 44.2 Å². The lowest BCUT2D eigenvalue weighted by Gasteiger charge is -2.29. The van der Waals surface area contributed by atoms with Crippen LogP contribution in [0.15, 0.2) is 18.2 Å². The van der Waals surface area contributed by atoms with Crippen LogP contribution in [0.2, 0.25) is 0 Å². The average Bonchev–Trinajstić information content (AvgIpc) is 2.87. The van der Waals surface area contributed by atoms with Crippen LogP contribution < -0.4 is 14.8 Å². The van der Waals surface area contributed by atoms with E-state index in [-0.39, 0.29) is 0 Å². The molecule has 2 aliphatic heterocycles. The molecule has 0 aliphatic carbocycles. The zero-order chi connectivity index (χ0) is 12.4. The molecule has 3 rings (SSSR count). The fourth-order valence-corrected chi connectivity index (χ4v) is 2.61. The second-order valence-electron chi connectivity index (χ2n) is 5.06. The van der Waals surface area contributed by atoms with Gasteiger partial charge in [0.2, 0.25) is 6.79 Å². The number of piperazine rings is 1. The zero-order valence-corrected chi connectivity index (χ0v) is 10.8. The molecule has 1 fully saturated rings. The Kier molecular flexibility index (Phi) is 3.39. The second-order valence-corrected chi connectivity index (χ2v) is 5.06. The minimum absolute atomic E-state index is 0.352. The highest BCUT2D eigenvalue weighted by molar-refractivity contribution is 5.45. The molecule has 0 spiro atoms. The van der Waals surface area contributed by atoms with Crippen LogP contribution in [0.25, 0.3) is 0 Å². The summed E-state index contributed by atoms with van der Waals surface area (Å²) in [4.78, 5) is 2.52. The molecule has 4 heteroatoms. The molecule has 18 heavy (non-hydrogen) atoms. The lowest BCUT2D eigenvalue weighted by atomic mass is 10.00. The Balaban J connectivity index is 1.66. The molecule has 1 N–H and O–H groups in total. The fraction of sp³-hybridized carbons (Fsp3) is 0.571. The number of nitrogens with zero attached hydrogens (tertiary/aromatic N) is 1. The summed E-state index contributed by atoms with van der Waals surface area (Å²) >= 11 is 0. The molecule has 2 heterocycles. The molecule has 1 aromatic carbocycles. The van der Waals surface area contributed by atoms with Crippen molar-refractivity contribution >= 4 is 0 Å². The molecule has 1 saturated heterocycles. The van der Waals surface area contributed by atoms with Crippen LogP contribution in [0, 0.1) is 0 Å². The summed E-state index contributed by atoms with van der Waals surface area (Å²) in [5, 5.41) is 3.38. The monoisotopic (exact) mass is 248 g/mol. The summed E-state index contributed by atoms with van der Waals surface area (Å²) in [7, 11) is 0. The first-order valence-corrected chi connectivity index (χ1v) is 6.65. The van der Waals surface area contributed by atoms with Gasteiger partial charge in [0, 0.05) is 32.7 Å². The van der Waals surface area contributed by atoms with E-state index in [1.54, 1.807) is 0 Å². The first-order valence-electron chi connectivity index (χ1n) is 6.65. The van der Waals surface area contributed by atoms with Crippen molar-refractivity contribution in [2.24, 2.45) is 0 Å². The standard InChI is InChI=1S/C14H20N2O2/c1-11(9-16-6-4-15-5-7-16)12-2-3-13-14(8-12)18-10-17-13/h2-3,8,11,15H,4-7,9-10H2,1H3. The smallest absolute Gasteiger partial charge is 0.231 e. The van der Waals surface area contributed by atoms with Gasteiger partial charge >= 0.3 is 0 Å². The molecule has 0 bridgehead atoms. The Hall–Kier alpha value is -1.26. The van der Waals surface area contributed by atoms with E-state index in [4.69, 9.17) is 9.47 Å². The van der Waals surface area contributed by atoms with Crippen molar-refractivity contribution < 1.29 is 9.47 Å². The summed E-state index contributed by atoms with van der Waals surface area (Å²) < 4.78 is 10.8. The Morgan fingerprint density at radius 3 is 2.83 bits per heavy atom. The number of nitrogens with one attached hydrogen (secondary N) is 1. The van der Waals surface area contributed by atoms with E-state index in [1.165, 1.54) is 5.56 Å². The molecule has 0 radical (unpaired) electrons. The predicted octanol–water partition coefficient (Wildman–Crippen LogP) is 1.42. The minimum atomic E-state index is 0.352. The van der Waals surface area contributed by atoms with Crippen molar-refractivity contribution in [3.63, 3.8) is 0 Å². The van der Waals surface area contributed by atoms with Gasteiger partial charge in [0.05, 0.1) is 0 Å². The predicted molar refractivity (Wildman–Crippen MR) is 70.3 cm³/mol. The van der Waals surface area contributed by atoms with Crippen molar-refractivity contribution in [2.45, 2.75) is 12.8 Å². The lowest BCUT2D eigenvalue weighted by Crippen LogP contribution is -2.44. The number of hydrogen-bond donors (Lipinski definition) is 1. The van der Waals surface area contributed by atoms with Crippen LogP contribution in [0.1, 0.15) is 18.4 Å². The van der Waals surface area contributed by atoms with Crippen molar-refractivity contribution in [3.05, 3.63) is 23.8 Å². The Morgan fingerprint density at radius 1 is 1.22 bits per heavy atom. The van der Waals surface area contributed by atoms with E-state index in [1.807, 2.05) is 6.07 Å². The van der Waals surface area contributed by atoms with Gasteiger partial charge in [-0.15, -0.1) is 0 Å². The van der Waals surface area contributed by atoms with Crippen molar-refractivity contribution in [1.29, 1.82) is 0 Å². The van der Waals surface area contributed by atoms with Crippen LogP contribution in [0.4, 0.5) is 0 Å². The number of fused-ring (bicyclic) bond motifs is 1. The molecular weight excluding hydrogens is 228 g/mol. The quantitative estimate of drug-likeness (QED) is 0.877. The summed E-state index contributed by atoms with van der Waals surface area (Å²) in [5.41, 5.74) is 1.33. The average molecular weight is 248 g/mol. The third-order valence-corrected chi connectivity index (χ3v) is 3.71. The molecular formula is C14H20N2O2. The van der Waals surface area contributed by atoms with E-state index in [0.29, 0.717) is 12.7 Å². The van der Waals surface area contributed by atoms with E-state index < -0.39 is 0 Å². The third-order valence-electron chi connectivity index (χ3n) is 3.71. The summed E-state index contributed by atoms with van der Waals surface area (Å²) in [5.74, 6) is 2.28. The molecule has 1 unspecified atom stereocenters. The van der Waals surface area contributed by atoms with Gasteiger partial charge < -0.3 is 19.7 Å². The maximum absolute atomic E-state index is 5.43. The Morgan fingerprint density at radius 2 is 2.00 bits per heavy atom. The van der Waals surface area contributed by atoms with Gasteiger partial charge in [-0.2, -0.15) is 0 Å². The number of ether oxygens (including phenoxy) is 2. The molecule has 1 atom stereocenters. The van der Waals surface area contributed by atoms with Crippen LogP contribution in [0.3, 0.4) is 0 Å².